The number of hydrogen-bond donors (Lipinski definition) is 0. The molecule has 2 aliphatic rings. The number of benzene rings is 1. The molecular weight excluding hydrogens is 310 g/mol. The lowest BCUT2D eigenvalue weighted by molar-refractivity contribution is -0.111. The van der Waals surface area contributed by atoms with E-state index >= 15 is 0 Å². The van der Waals surface area contributed by atoms with Crippen molar-refractivity contribution in [2.24, 2.45) is 5.92 Å². The Kier molecular flexibility index (Phi) is 4.02. The van der Waals surface area contributed by atoms with E-state index in [2.05, 4.69) is 0 Å². The number of carbonyl (C=O) groups is 1. The molecule has 1 fully saturated rings. The highest BCUT2D eigenvalue weighted by Gasteiger charge is 2.39. The fraction of sp³-hybridized carbons (Fsp3) is 0.389. The van der Waals surface area contributed by atoms with Crippen LogP contribution in [0.3, 0.4) is 0 Å². The number of piperidine rings is 1. The van der Waals surface area contributed by atoms with Crippen molar-refractivity contribution in [3.63, 3.8) is 0 Å². The van der Waals surface area contributed by atoms with Gasteiger partial charge in [-0.05, 0) is 45.4 Å². The van der Waals surface area contributed by atoms with Crippen LogP contribution in [0.4, 0.5) is 0 Å². The first-order valence-electron chi connectivity index (χ1n) is 7.79. The van der Waals surface area contributed by atoms with Crippen molar-refractivity contribution in [3.8, 4) is 0 Å². The predicted molar refractivity (Wildman–Crippen MR) is 89.5 cm³/mol. The van der Waals surface area contributed by atoms with Gasteiger partial charge in [-0.2, -0.15) is 4.31 Å². The number of hydrogen-bond acceptors (Lipinski definition) is 3. The second-order valence-electron chi connectivity index (χ2n) is 6.48. The lowest BCUT2D eigenvalue weighted by Gasteiger charge is -2.32. The first-order valence-corrected chi connectivity index (χ1v) is 9.23. The van der Waals surface area contributed by atoms with E-state index < -0.39 is 10.0 Å². The summed E-state index contributed by atoms with van der Waals surface area (Å²) in [5.41, 5.74) is 3.84. The Morgan fingerprint density at radius 3 is 2.43 bits per heavy atom. The third-order valence-electron chi connectivity index (χ3n) is 4.61. The molecular formula is C18H21NO3S. The molecule has 0 N–H and O–H groups in total. The Bertz CT molecular complexity index is 812. The van der Waals surface area contributed by atoms with Crippen molar-refractivity contribution >= 4 is 15.8 Å². The molecule has 1 saturated heterocycles. The van der Waals surface area contributed by atoms with Crippen LogP contribution in [0.15, 0.2) is 52.0 Å². The second kappa shape index (κ2) is 5.73. The molecule has 0 saturated carbocycles. The van der Waals surface area contributed by atoms with Gasteiger partial charge in [0.2, 0.25) is 10.0 Å². The molecule has 1 aliphatic heterocycles. The summed E-state index contributed by atoms with van der Waals surface area (Å²) in [6.45, 7) is 6.55. The fourth-order valence-electron chi connectivity index (χ4n) is 3.38. The number of fused-ring (bicyclic) bond motifs is 1. The summed E-state index contributed by atoms with van der Waals surface area (Å²) in [5, 5.41) is 0. The highest BCUT2D eigenvalue weighted by Crippen LogP contribution is 2.38. The van der Waals surface area contributed by atoms with E-state index in [0.717, 1.165) is 22.3 Å². The van der Waals surface area contributed by atoms with Crippen molar-refractivity contribution in [1.82, 2.24) is 4.31 Å². The van der Waals surface area contributed by atoms with E-state index in [-0.39, 0.29) is 11.7 Å². The molecule has 0 spiro atoms. The molecule has 122 valence electrons. The molecule has 0 bridgehead atoms. The average molecular weight is 331 g/mol. The van der Waals surface area contributed by atoms with Crippen LogP contribution in [0.1, 0.15) is 25.8 Å². The topological polar surface area (TPSA) is 54.5 Å². The van der Waals surface area contributed by atoms with Gasteiger partial charge in [-0.25, -0.2) is 8.42 Å². The van der Waals surface area contributed by atoms with Gasteiger partial charge in [0.05, 0.1) is 4.90 Å². The Balaban J connectivity index is 1.92. The molecule has 23 heavy (non-hydrogen) atoms. The van der Waals surface area contributed by atoms with E-state index in [1.165, 1.54) is 4.31 Å². The number of rotatable bonds is 2. The van der Waals surface area contributed by atoms with Crippen LogP contribution in [-0.2, 0) is 14.8 Å². The van der Waals surface area contributed by atoms with E-state index in [1.54, 1.807) is 18.2 Å². The third kappa shape index (κ3) is 2.79. The zero-order chi connectivity index (χ0) is 16.8. The summed E-state index contributed by atoms with van der Waals surface area (Å²) in [6, 6.07) is 6.92. The minimum absolute atomic E-state index is 0.0413. The quantitative estimate of drug-likeness (QED) is 0.783. The van der Waals surface area contributed by atoms with Crippen LogP contribution in [0.2, 0.25) is 0 Å². The number of sulfonamides is 1. The number of ketones is 1. The minimum atomic E-state index is -3.51. The molecule has 1 aromatic carbocycles. The lowest BCUT2D eigenvalue weighted by atomic mass is 9.89. The van der Waals surface area contributed by atoms with E-state index in [4.69, 9.17) is 0 Å². The maximum absolute atomic E-state index is 12.9. The summed E-state index contributed by atoms with van der Waals surface area (Å²) in [6.07, 6.45) is 2.32. The maximum atomic E-state index is 12.9. The van der Waals surface area contributed by atoms with Crippen molar-refractivity contribution in [2.75, 3.05) is 13.1 Å². The maximum Gasteiger partial charge on any atom is 0.243 e. The van der Waals surface area contributed by atoms with Crippen molar-refractivity contribution in [2.45, 2.75) is 32.1 Å². The van der Waals surface area contributed by atoms with Crippen LogP contribution < -0.4 is 0 Å². The highest BCUT2D eigenvalue weighted by molar-refractivity contribution is 7.89. The van der Waals surface area contributed by atoms with E-state index in [9.17, 15) is 13.2 Å². The van der Waals surface area contributed by atoms with Crippen LogP contribution in [-0.4, -0.2) is 31.6 Å². The molecule has 1 atom stereocenters. The zero-order valence-corrected chi connectivity index (χ0v) is 14.5. The smallest absolute Gasteiger partial charge is 0.243 e. The SMILES string of the molecule is CC(C)=C1C(=O)C=C2CCN(S(=O)(=O)c3ccc(C)cc3)CC21. The summed E-state index contributed by atoms with van der Waals surface area (Å²) in [5.74, 6) is -0.0407. The van der Waals surface area contributed by atoms with Gasteiger partial charge in [-0.1, -0.05) is 28.8 Å². The monoisotopic (exact) mass is 331 g/mol. The number of nitrogens with zero attached hydrogens (tertiary/aromatic N) is 1. The van der Waals surface area contributed by atoms with Crippen molar-refractivity contribution in [3.05, 3.63) is 52.6 Å². The molecule has 1 heterocycles. The molecule has 0 radical (unpaired) electrons. The van der Waals surface area contributed by atoms with Gasteiger partial charge in [-0.15, -0.1) is 0 Å². The Labute approximate surface area is 137 Å². The summed E-state index contributed by atoms with van der Waals surface area (Å²) in [7, 11) is -3.51. The van der Waals surface area contributed by atoms with Crippen molar-refractivity contribution < 1.29 is 13.2 Å². The lowest BCUT2D eigenvalue weighted by Crippen LogP contribution is -2.40. The third-order valence-corrected chi connectivity index (χ3v) is 6.49. The predicted octanol–water partition coefficient (Wildman–Crippen LogP) is 2.85. The van der Waals surface area contributed by atoms with Gasteiger partial charge in [0.25, 0.3) is 0 Å². The van der Waals surface area contributed by atoms with Crippen molar-refractivity contribution in [1.29, 1.82) is 0 Å². The Morgan fingerprint density at radius 1 is 1.17 bits per heavy atom. The Morgan fingerprint density at radius 2 is 1.83 bits per heavy atom. The van der Waals surface area contributed by atoms with Gasteiger partial charge in [0.1, 0.15) is 0 Å². The summed E-state index contributed by atoms with van der Waals surface area (Å²) >= 11 is 0. The molecule has 0 amide bonds. The standard InChI is InChI=1S/C18H21NO3S/c1-12(2)18-16-11-19(9-8-14(16)10-17(18)20)23(21,22)15-6-4-13(3)5-7-15/h4-7,10,16H,8-9,11H2,1-3H3. The summed E-state index contributed by atoms with van der Waals surface area (Å²) in [4.78, 5) is 12.5. The molecule has 1 aliphatic carbocycles. The average Bonchev–Trinajstić information content (AvgIpc) is 2.82. The van der Waals surface area contributed by atoms with E-state index in [1.807, 2.05) is 32.9 Å². The molecule has 0 aromatic heterocycles. The van der Waals surface area contributed by atoms with Crippen LogP contribution >= 0.6 is 0 Å². The molecule has 1 aromatic rings. The highest BCUT2D eigenvalue weighted by atomic mass is 32.2. The van der Waals surface area contributed by atoms with Gasteiger partial charge >= 0.3 is 0 Å². The van der Waals surface area contributed by atoms with Crippen LogP contribution in [0, 0.1) is 12.8 Å². The van der Waals surface area contributed by atoms with Crippen LogP contribution in [0.25, 0.3) is 0 Å². The van der Waals surface area contributed by atoms with Gasteiger partial charge in [-0.3, -0.25) is 4.79 Å². The molecule has 3 rings (SSSR count). The van der Waals surface area contributed by atoms with Gasteiger partial charge in [0.15, 0.2) is 5.78 Å². The van der Waals surface area contributed by atoms with E-state index in [0.29, 0.717) is 24.4 Å². The van der Waals surface area contributed by atoms with Crippen LogP contribution in [0.5, 0.6) is 0 Å². The van der Waals surface area contributed by atoms with Gasteiger partial charge < -0.3 is 0 Å². The number of aryl methyl sites for hydroxylation is 1. The first kappa shape index (κ1) is 16.1. The zero-order valence-electron chi connectivity index (χ0n) is 13.7. The molecule has 5 heteroatoms. The fourth-order valence-corrected chi connectivity index (χ4v) is 4.84. The normalized spacial score (nSPS) is 22.0. The molecule has 1 unspecified atom stereocenters. The largest absolute Gasteiger partial charge is 0.290 e. The number of allylic oxidation sites excluding steroid dienone is 2. The van der Waals surface area contributed by atoms with Gasteiger partial charge in [0, 0.05) is 24.6 Å². The summed E-state index contributed by atoms with van der Waals surface area (Å²) < 4.78 is 27.2. The minimum Gasteiger partial charge on any atom is -0.290 e. The second-order valence-corrected chi connectivity index (χ2v) is 8.41. The Hall–Kier alpha value is -1.72. The first-order chi connectivity index (χ1) is 10.8. The molecule has 4 nitrogen and oxygen atoms in total. The number of carbonyl (C=O) groups excluding carboxylic acids is 1.